The van der Waals surface area contributed by atoms with Crippen LogP contribution in [0, 0.1) is 0 Å². The number of carbonyl (C=O) groups is 2. The van der Waals surface area contributed by atoms with Crippen LogP contribution in [0.3, 0.4) is 0 Å². The van der Waals surface area contributed by atoms with Crippen molar-refractivity contribution in [1.29, 1.82) is 0 Å². The Kier molecular flexibility index (Phi) is 7.00. The fourth-order valence-corrected chi connectivity index (χ4v) is 2.49. The lowest BCUT2D eigenvalue weighted by molar-refractivity contribution is -0.115. The Morgan fingerprint density at radius 2 is 1.92 bits per heavy atom. The number of ether oxygens (including phenoxy) is 1. The third kappa shape index (κ3) is 5.75. The molecule has 0 aliphatic heterocycles. The second-order valence-corrected chi connectivity index (χ2v) is 6.21. The summed E-state index contributed by atoms with van der Waals surface area (Å²) >= 11 is 11.8. The lowest BCUT2D eigenvalue weighted by atomic mass is 10.2. The van der Waals surface area contributed by atoms with Crippen molar-refractivity contribution in [3.8, 4) is 5.75 Å². The van der Waals surface area contributed by atoms with Gasteiger partial charge in [0.25, 0.3) is 5.91 Å². The molecule has 2 N–H and O–H groups in total. The van der Waals surface area contributed by atoms with Gasteiger partial charge in [-0.1, -0.05) is 29.3 Å². The molecule has 0 aliphatic rings. The Morgan fingerprint density at radius 3 is 2.62 bits per heavy atom. The van der Waals surface area contributed by atoms with Crippen LogP contribution < -0.4 is 15.5 Å². The fourth-order valence-electron chi connectivity index (χ4n) is 2.03. The van der Waals surface area contributed by atoms with Gasteiger partial charge in [-0.25, -0.2) is 5.43 Å². The number of benzene rings is 2. The molecular formula is C18H17Cl2N3O3. The Labute approximate surface area is 161 Å². The van der Waals surface area contributed by atoms with Crippen molar-refractivity contribution < 1.29 is 14.3 Å². The van der Waals surface area contributed by atoms with Crippen LogP contribution in [-0.4, -0.2) is 24.6 Å². The van der Waals surface area contributed by atoms with Crippen LogP contribution in [0.15, 0.2) is 47.6 Å². The molecule has 0 radical (unpaired) electrons. The Balaban J connectivity index is 1.92. The molecule has 0 fully saturated rings. The van der Waals surface area contributed by atoms with E-state index in [1.165, 1.54) is 13.2 Å². The maximum absolute atomic E-state index is 12.1. The van der Waals surface area contributed by atoms with Crippen LogP contribution in [0.5, 0.6) is 5.75 Å². The van der Waals surface area contributed by atoms with Gasteiger partial charge < -0.3 is 10.1 Å². The standard InChI is InChI=1S/C18H17Cl2N3O3/c1-11(8-17(24)21-16-7-6-13(19)10-15(16)20)22-23-18(25)12-4-3-5-14(9-12)26-2/h3-7,9-10H,8H2,1-2H3,(H,21,24)(H,23,25)/b22-11+. The highest BCUT2D eigenvalue weighted by molar-refractivity contribution is 6.36. The number of anilines is 1. The third-order valence-corrected chi connectivity index (χ3v) is 3.85. The van der Waals surface area contributed by atoms with Gasteiger partial charge in [-0.3, -0.25) is 9.59 Å². The molecule has 8 heteroatoms. The summed E-state index contributed by atoms with van der Waals surface area (Å²) in [5.74, 6) is -0.145. The zero-order valence-corrected chi connectivity index (χ0v) is 15.7. The van der Waals surface area contributed by atoms with E-state index in [1.807, 2.05) is 0 Å². The average molecular weight is 394 g/mol. The number of nitrogens with zero attached hydrogens (tertiary/aromatic N) is 1. The predicted octanol–water partition coefficient (Wildman–Crippen LogP) is 4.14. The third-order valence-electron chi connectivity index (χ3n) is 3.30. The van der Waals surface area contributed by atoms with Crippen molar-refractivity contribution in [2.75, 3.05) is 12.4 Å². The highest BCUT2D eigenvalue weighted by Gasteiger charge is 2.09. The molecule has 136 valence electrons. The van der Waals surface area contributed by atoms with Crippen molar-refractivity contribution in [2.45, 2.75) is 13.3 Å². The quantitative estimate of drug-likeness (QED) is 0.571. The van der Waals surface area contributed by atoms with E-state index in [0.717, 1.165) is 0 Å². The molecule has 2 amide bonds. The summed E-state index contributed by atoms with van der Waals surface area (Å²) in [5, 5.41) is 7.42. The molecule has 0 saturated carbocycles. The van der Waals surface area contributed by atoms with E-state index in [-0.39, 0.29) is 12.3 Å². The van der Waals surface area contributed by atoms with Crippen LogP contribution in [0.2, 0.25) is 10.0 Å². The van der Waals surface area contributed by atoms with Gasteiger partial charge >= 0.3 is 0 Å². The first kappa shape index (κ1) is 19.8. The molecule has 0 heterocycles. The first-order chi connectivity index (χ1) is 12.4. The van der Waals surface area contributed by atoms with Crippen LogP contribution in [0.4, 0.5) is 5.69 Å². The fraction of sp³-hybridized carbons (Fsp3) is 0.167. The van der Waals surface area contributed by atoms with Gasteiger partial charge in [-0.05, 0) is 43.3 Å². The summed E-state index contributed by atoms with van der Waals surface area (Å²) in [5.41, 5.74) is 3.70. The average Bonchev–Trinajstić information content (AvgIpc) is 2.62. The largest absolute Gasteiger partial charge is 0.497 e. The Hall–Kier alpha value is -2.57. The Bertz CT molecular complexity index is 853. The zero-order chi connectivity index (χ0) is 19.1. The first-order valence-electron chi connectivity index (χ1n) is 7.61. The number of hydrazone groups is 1. The highest BCUT2D eigenvalue weighted by atomic mass is 35.5. The molecule has 2 aromatic rings. The van der Waals surface area contributed by atoms with Gasteiger partial charge in [0.05, 0.1) is 24.2 Å². The van der Waals surface area contributed by atoms with E-state index >= 15 is 0 Å². The molecule has 6 nitrogen and oxygen atoms in total. The summed E-state index contributed by atoms with van der Waals surface area (Å²) in [7, 11) is 1.52. The topological polar surface area (TPSA) is 79.8 Å². The predicted molar refractivity (Wildman–Crippen MR) is 103 cm³/mol. The Morgan fingerprint density at radius 1 is 1.15 bits per heavy atom. The van der Waals surface area contributed by atoms with E-state index in [4.69, 9.17) is 27.9 Å². The molecular weight excluding hydrogens is 377 g/mol. The number of methoxy groups -OCH3 is 1. The monoisotopic (exact) mass is 393 g/mol. The second kappa shape index (κ2) is 9.22. The minimum Gasteiger partial charge on any atom is -0.497 e. The van der Waals surface area contributed by atoms with E-state index in [1.54, 1.807) is 43.3 Å². The van der Waals surface area contributed by atoms with Crippen molar-refractivity contribution in [3.63, 3.8) is 0 Å². The zero-order valence-electron chi connectivity index (χ0n) is 14.2. The van der Waals surface area contributed by atoms with E-state index in [9.17, 15) is 9.59 Å². The molecule has 26 heavy (non-hydrogen) atoms. The maximum atomic E-state index is 12.1. The van der Waals surface area contributed by atoms with Crippen LogP contribution >= 0.6 is 23.2 Å². The van der Waals surface area contributed by atoms with Crippen LogP contribution in [0.25, 0.3) is 0 Å². The van der Waals surface area contributed by atoms with Gasteiger partial charge in [0.1, 0.15) is 5.75 Å². The summed E-state index contributed by atoms with van der Waals surface area (Å²) in [6.45, 7) is 1.63. The van der Waals surface area contributed by atoms with Gasteiger partial charge in [0.2, 0.25) is 5.91 Å². The van der Waals surface area contributed by atoms with Crippen molar-refractivity contribution >= 4 is 46.4 Å². The summed E-state index contributed by atoms with van der Waals surface area (Å²) in [6.07, 6.45) is -0.00263. The molecule has 0 unspecified atom stereocenters. The van der Waals surface area contributed by atoms with Gasteiger partial charge in [-0.2, -0.15) is 5.10 Å². The molecule has 0 aliphatic carbocycles. The normalized spacial score (nSPS) is 11.0. The number of amides is 2. The first-order valence-corrected chi connectivity index (χ1v) is 8.37. The number of nitrogens with one attached hydrogen (secondary N) is 2. The van der Waals surface area contributed by atoms with Gasteiger partial charge in [0.15, 0.2) is 0 Å². The van der Waals surface area contributed by atoms with E-state index in [2.05, 4.69) is 15.8 Å². The molecule has 0 saturated heterocycles. The van der Waals surface area contributed by atoms with E-state index < -0.39 is 5.91 Å². The highest BCUT2D eigenvalue weighted by Crippen LogP contribution is 2.25. The van der Waals surface area contributed by atoms with Crippen LogP contribution in [-0.2, 0) is 4.79 Å². The van der Waals surface area contributed by atoms with E-state index in [0.29, 0.717) is 32.8 Å². The van der Waals surface area contributed by atoms with Crippen molar-refractivity contribution in [3.05, 3.63) is 58.1 Å². The number of rotatable bonds is 6. The minimum absolute atomic E-state index is 0.00263. The molecule has 0 aromatic heterocycles. The maximum Gasteiger partial charge on any atom is 0.271 e. The number of carbonyl (C=O) groups excluding carboxylic acids is 2. The number of hydrogen-bond acceptors (Lipinski definition) is 4. The van der Waals surface area contributed by atoms with Crippen LogP contribution in [0.1, 0.15) is 23.7 Å². The molecule has 2 rings (SSSR count). The lowest BCUT2D eigenvalue weighted by Gasteiger charge is -2.08. The molecule has 0 spiro atoms. The number of hydrogen-bond donors (Lipinski definition) is 2. The summed E-state index contributed by atoms with van der Waals surface area (Å²) < 4.78 is 5.07. The molecule has 2 aromatic carbocycles. The SMILES string of the molecule is COc1cccc(C(=O)N/N=C(\C)CC(=O)Nc2ccc(Cl)cc2Cl)c1. The van der Waals surface area contributed by atoms with Crippen molar-refractivity contribution in [1.82, 2.24) is 5.43 Å². The summed E-state index contributed by atoms with van der Waals surface area (Å²) in [4.78, 5) is 24.1. The smallest absolute Gasteiger partial charge is 0.271 e. The lowest BCUT2D eigenvalue weighted by Crippen LogP contribution is -2.21. The second-order valence-electron chi connectivity index (χ2n) is 5.37. The van der Waals surface area contributed by atoms with Gasteiger partial charge in [-0.15, -0.1) is 0 Å². The minimum atomic E-state index is -0.399. The molecule has 0 bridgehead atoms. The number of halogens is 2. The van der Waals surface area contributed by atoms with Gasteiger partial charge in [0, 0.05) is 16.3 Å². The molecule has 0 atom stereocenters. The van der Waals surface area contributed by atoms with Crippen molar-refractivity contribution in [2.24, 2.45) is 5.10 Å². The summed E-state index contributed by atoms with van der Waals surface area (Å²) in [6, 6.07) is 11.4.